The minimum Gasteiger partial charge on any atom is -0.339 e. The van der Waals surface area contributed by atoms with Crippen LogP contribution in [0.4, 0.5) is 8.78 Å². The third-order valence-corrected chi connectivity index (χ3v) is 2.80. The summed E-state index contributed by atoms with van der Waals surface area (Å²) in [5, 5.41) is 3.17. The smallest absolute Gasteiger partial charge is 0.260 e. The molecule has 1 saturated carbocycles. The zero-order chi connectivity index (χ0) is 10.3. The van der Waals surface area contributed by atoms with Crippen LogP contribution >= 0.6 is 0 Å². The largest absolute Gasteiger partial charge is 0.339 e. The molecule has 1 aliphatic heterocycles. The highest BCUT2D eigenvalue weighted by atomic mass is 19.3. The third kappa shape index (κ3) is 1.73. The normalized spacial score (nSPS) is 35.5. The van der Waals surface area contributed by atoms with Gasteiger partial charge >= 0.3 is 0 Å². The van der Waals surface area contributed by atoms with Crippen LogP contribution in [0.25, 0.3) is 0 Å². The number of nitrogens with one attached hydrogen (secondary N) is 1. The fourth-order valence-corrected chi connectivity index (χ4v) is 1.83. The Morgan fingerprint density at radius 3 is 2.71 bits per heavy atom. The maximum Gasteiger partial charge on any atom is 0.260 e. The van der Waals surface area contributed by atoms with Gasteiger partial charge in [-0.1, -0.05) is 0 Å². The van der Waals surface area contributed by atoms with E-state index in [1.54, 1.807) is 4.90 Å². The molecular formula is C9H14F2N2O. The number of nitrogens with zero attached hydrogens (tertiary/aromatic N) is 1. The van der Waals surface area contributed by atoms with Crippen LogP contribution in [0.2, 0.25) is 0 Å². The molecule has 2 rings (SSSR count). The van der Waals surface area contributed by atoms with Crippen molar-refractivity contribution in [1.29, 1.82) is 0 Å². The van der Waals surface area contributed by atoms with Gasteiger partial charge in [0.25, 0.3) is 5.92 Å². The quantitative estimate of drug-likeness (QED) is 0.673. The van der Waals surface area contributed by atoms with E-state index >= 15 is 0 Å². The lowest BCUT2D eigenvalue weighted by Gasteiger charge is -2.32. The molecule has 2 atom stereocenters. The van der Waals surface area contributed by atoms with Crippen molar-refractivity contribution in [3.63, 3.8) is 0 Å². The summed E-state index contributed by atoms with van der Waals surface area (Å²) < 4.78 is 25.3. The van der Waals surface area contributed by atoms with Crippen LogP contribution in [-0.4, -0.2) is 42.4 Å². The van der Waals surface area contributed by atoms with Crippen molar-refractivity contribution in [2.45, 2.75) is 25.3 Å². The van der Waals surface area contributed by atoms with Gasteiger partial charge in [-0.05, 0) is 6.92 Å². The van der Waals surface area contributed by atoms with E-state index < -0.39 is 11.8 Å². The van der Waals surface area contributed by atoms with Crippen molar-refractivity contribution in [2.75, 3.05) is 19.6 Å². The van der Waals surface area contributed by atoms with Gasteiger partial charge in [-0.25, -0.2) is 8.78 Å². The predicted octanol–water partition coefficient (Wildman–Crippen LogP) is 0.462. The average molecular weight is 204 g/mol. The molecule has 3 nitrogen and oxygen atoms in total. The Labute approximate surface area is 81.4 Å². The SMILES string of the molecule is C[C@H]1CN(C(=O)C2CC2(F)F)CCN1. The number of carbonyl (C=O) groups excluding carboxylic acids is 1. The lowest BCUT2D eigenvalue weighted by molar-refractivity contribution is -0.135. The maximum absolute atomic E-state index is 12.6. The molecule has 1 N–H and O–H groups in total. The van der Waals surface area contributed by atoms with Crippen molar-refractivity contribution >= 4 is 5.91 Å². The van der Waals surface area contributed by atoms with E-state index in [0.717, 1.165) is 0 Å². The first-order valence-electron chi connectivity index (χ1n) is 4.91. The average Bonchev–Trinajstić information content (AvgIpc) is 2.74. The van der Waals surface area contributed by atoms with E-state index in [2.05, 4.69) is 5.32 Å². The summed E-state index contributed by atoms with van der Waals surface area (Å²) in [6, 6.07) is 0.208. The summed E-state index contributed by atoms with van der Waals surface area (Å²) in [4.78, 5) is 13.1. The first-order chi connectivity index (χ1) is 6.50. The topological polar surface area (TPSA) is 32.3 Å². The second-order valence-electron chi connectivity index (χ2n) is 4.16. The van der Waals surface area contributed by atoms with Gasteiger partial charge in [-0.3, -0.25) is 4.79 Å². The number of alkyl halides is 2. The van der Waals surface area contributed by atoms with Gasteiger partial charge < -0.3 is 10.2 Å². The van der Waals surface area contributed by atoms with Crippen molar-refractivity contribution in [3.8, 4) is 0 Å². The van der Waals surface area contributed by atoms with Gasteiger partial charge in [-0.2, -0.15) is 0 Å². The second kappa shape index (κ2) is 3.15. The maximum atomic E-state index is 12.6. The molecule has 1 unspecified atom stereocenters. The fourth-order valence-electron chi connectivity index (χ4n) is 1.83. The fraction of sp³-hybridized carbons (Fsp3) is 0.889. The molecule has 2 fully saturated rings. The van der Waals surface area contributed by atoms with Gasteiger partial charge in [-0.15, -0.1) is 0 Å². The molecule has 0 aromatic heterocycles. The van der Waals surface area contributed by atoms with Gasteiger partial charge in [0, 0.05) is 32.1 Å². The Morgan fingerprint density at radius 1 is 1.57 bits per heavy atom. The van der Waals surface area contributed by atoms with Crippen molar-refractivity contribution in [1.82, 2.24) is 10.2 Å². The monoisotopic (exact) mass is 204 g/mol. The Hall–Kier alpha value is -0.710. The van der Waals surface area contributed by atoms with Gasteiger partial charge in [0.15, 0.2) is 0 Å². The van der Waals surface area contributed by atoms with E-state index in [-0.39, 0.29) is 18.4 Å². The van der Waals surface area contributed by atoms with Crippen molar-refractivity contribution < 1.29 is 13.6 Å². The standard InChI is InChI=1S/C9H14F2N2O/c1-6-5-13(3-2-12-6)8(14)7-4-9(7,10)11/h6-7,12H,2-5H2,1H3/t6-,7?/m0/s1. The van der Waals surface area contributed by atoms with E-state index in [1.165, 1.54) is 0 Å². The molecule has 1 aliphatic carbocycles. The second-order valence-corrected chi connectivity index (χ2v) is 4.16. The Bertz CT molecular complexity index is 257. The highest BCUT2D eigenvalue weighted by Gasteiger charge is 2.62. The lowest BCUT2D eigenvalue weighted by atomic mass is 10.2. The van der Waals surface area contributed by atoms with Crippen molar-refractivity contribution in [2.24, 2.45) is 5.92 Å². The van der Waals surface area contributed by atoms with Crippen LogP contribution in [0.1, 0.15) is 13.3 Å². The van der Waals surface area contributed by atoms with E-state index in [0.29, 0.717) is 19.6 Å². The summed E-state index contributed by atoms with van der Waals surface area (Å²) in [5.74, 6) is -4.14. The number of amides is 1. The van der Waals surface area contributed by atoms with E-state index in [9.17, 15) is 13.6 Å². The zero-order valence-electron chi connectivity index (χ0n) is 8.09. The van der Waals surface area contributed by atoms with Crippen LogP contribution in [-0.2, 0) is 4.79 Å². The molecule has 80 valence electrons. The number of halogens is 2. The number of hydrogen-bond acceptors (Lipinski definition) is 2. The lowest BCUT2D eigenvalue weighted by Crippen LogP contribution is -2.52. The molecule has 0 bridgehead atoms. The molecule has 2 aliphatic rings. The van der Waals surface area contributed by atoms with Crippen LogP contribution in [0.3, 0.4) is 0 Å². The molecule has 1 amide bonds. The predicted molar refractivity (Wildman–Crippen MR) is 47.1 cm³/mol. The Balaban J connectivity index is 1.92. The number of carbonyl (C=O) groups is 1. The number of hydrogen-bond donors (Lipinski definition) is 1. The van der Waals surface area contributed by atoms with Crippen LogP contribution < -0.4 is 5.32 Å². The summed E-state index contributed by atoms with van der Waals surface area (Å²) in [6.07, 6.45) is -0.260. The zero-order valence-corrected chi connectivity index (χ0v) is 8.09. The van der Waals surface area contributed by atoms with Gasteiger partial charge in [0.1, 0.15) is 5.92 Å². The molecule has 0 aromatic carbocycles. The van der Waals surface area contributed by atoms with E-state index in [1.807, 2.05) is 6.92 Å². The Kier molecular flexibility index (Phi) is 2.21. The third-order valence-electron chi connectivity index (χ3n) is 2.80. The van der Waals surface area contributed by atoms with Gasteiger partial charge in [0.2, 0.25) is 5.91 Å². The molecule has 1 saturated heterocycles. The summed E-state index contributed by atoms with van der Waals surface area (Å²) in [6.45, 7) is 3.75. The van der Waals surface area contributed by atoms with Crippen LogP contribution in [0.5, 0.6) is 0 Å². The summed E-state index contributed by atoms with van der Waals surface area (Å²) in [5.41, 5.74) is 0. The highest BCUT2D eigenvalue weighted by molar-refractivity contribution is 5.83. The van der Waals surface area contributed by atoms with Gasteiger partial charge in [0.05, 0.1) is 0 Å². The molecule has 1 heterocycles. The molecule has 5 heteroatoms. The Morgan fingerprint density at radius 2 is 2.21 bits per heavy atom. The first kappa shape index (κ1) is 9.83. The summed E-state index contributed by atoms with van der Waals surface area (Å²) in [7, 11) is 0. The van der Waals surface area contributed by atoms with E-state index in [4.69, 9.17) is 0 Å². The molecule has 0 spiro atoms. The highest BCUT2D eigenvalue weighted by Crippen LogP contribution is 2.49. The summed E-state index contributed by atoms with van der Waals surface area (Å²) >= 11 is 0. The van der Waals surface area contributed by atoms with Crippen molar-refractivity contribution in [3.05, 3.63) is 0 Å². The number of rotatable bonds is 1. The minimum absolute atomic E-state index is 0.208. The molecule has 0 radical (unpaired) electrons. The van der Waals surface area contributed by atoms with Crippen LogP contribution in [0, 0.1) is 5.92 Å². The van der Waals surface area contributed by atoms with Crippen LogP contribution in [0.15, 0.2) is 0 Å². The molecular weight excluding hydrogens is 190 g/mol. The molecule has 14 heavy (non-hydrogen) atoms. The minimum atomic E-state index is -2.73. The molecule has 0 aromatic rings. The number of piperazine rings is 1. The first-order valence-corrected chi connectivity index (χ1v) is 4.91.